The van der Waals surface area contributed by atoms with Crippen molar-refractivity contribution in [3.05, 3.63) is 22.8 Å². The maximum atomic E-state index is 4.88. The molecule has 1 aromatic rings. The number of aryl methyl sites for hydroxylation is 2. The predicted octanol–water partition coefficient (Wildman–Crippen LogP) is 2.77. The van der Waals surface area contributed by atoms with Crippen LogP contribution in [-0.4, -0.2) is 23.1 Å². The Morgan fingerprint density at radius 3 is 2.74 bits per heavy atom. The molecular weight excluding hydrogens is 234 g/mol. The highest BCUT2D eigenvalue weighted by Crippen LogP contribution is 2.36. The van der Waals surface area contributed by atoms with Crippen LogP contribution in [0.3, 0.4) is 0 Å². The third kappa shape index (κ3) is 2.66. The van der Waals surface area contributed by atoms with E-state index in [4.69, 9.17) is 9.97 Å². The summed E-state index contributed by atoms with van der Waals surface area (Å²) in [6, 6.07) is 0. The van der Waals surface area contributed by atoms with Gasteiger partial charge in [-0.3, -0.25) is 0 Å². The standard InChI is InChI=1S/C16H25N3/c1-3-17-10-12-7-8-15-14(9-12)11(2)18-16(19-15)13-5-4-6-13/h12-13,17H,3-10H2,1-2H3. The van der Waals surface area contributed by atoms with Crippen LogP contribution in [0.2, 0.25) is 0 Å². The van der Waals surface area contributed by atoms with Crippen LogP contribution in [0.4, 0.5) is 0 Å². The van der Waals surface area contributed by atoms with Gasteiger partial charge in [0.1, 0.15) is 5.82 Å². The van der Waals surface area contributed by atoms with Crippen LogP contribution in [0.1, 0.15) is 61.3 Å². The fourth-order valence-electron chi connectivity index (χ4n) is 3.25. The average molecular weight is 259 g/mol. The Morgan fingerprint density at radius 2 is 2.05 bits per heavy atom. The number of hydrogen-bond acceptors (Lipinski definition) is 3. The molecule has 1 aromatic heterocycles. The van der Waals surface area contributed by atoms with Crippen molar-refractivity contribution in [1.29, 1.82) is 0 Å². The normalized spacial score (nSPS) is 22.9. The van der Waals surface area contributed by atoms with Crippen LogP contribution in [0.15, 0.2) is 0 Å². The highest BCUT2D eigenvalue weighted by Gasteiger charge is 2.27. The van der Waals surface area contributed by atoms with Crippen molar-refractivity contribution in [3.8, 4) is 0 Å². The van der Waals surface area contributed by atoms with E-state index in [0.717, 1.165) is 31.3 Å². The van der Waals surface area contributed by atoms with Gasteiger partial charge in [0.15, 0.2) is 0 Å². The molecule has 2 aliphatic carbocycles. The van der Waals surface area contributed by atoms with E-state index in [9.17, 15) is 0 Å². The maximum absolute atomic E-state index is 4.88. The first-order valence-electron chi connectivity index (χ1n) is 7.85. The van der Waals surface area contributed by atoms with Crippen LogP contribution in [0, 0.1) is 12.8 Å². The fourth-order valence-corrected chi connectivity index (χ4v) is 3.25. The Kier molecular flexibility index (Phi) is 3.83. The molecule has 1 atom stereocenters. The van der Waals surface area contributed by atoms with E-state index in [1.807, 2.05) is 0 Å². The largest absolute Gasteiger partial charge is 0.317 e. The molecule has 19 heavy (non-hydrogen) atoms. The molecule has 2 aliphatic rings. The monoisotopic (exact) mass is 259 g/mol. The van der Waals surface area contributed by atoms with Gasteiger partial charge >= 0.3 is 0 Å². The van der Waals surface area contributed by atoms with Gasteiger partial charge in [0.05, 0.1) is 0 Å². The summed E-state index contributed by atoms with van der Waals surface area (Å²) < 4.78 is 0. The van der Waals surface area contributed by atoms with Crippen molar-refractivity contribution in [2.75, 3.05) is 13.1 Å². The number of hydrogen-bond donors (Lipinski definition) is 1. The van der Waals surface area contributed by atoms with Crippen LogP contribution < -0.4 is 5.32 Å². The van der Waals surface area contributed by atoms with Crippen molar-refractivity contribution in [1.82, 2.24) is 15.3 Å². The molecule has 3 heteroatoms. The van der Waals surface area contributed by atoms with Gasteiger partial charge < -0.3 is 5.32 Å². The topological polar surface area (TPSA) is 37.8 Å². The van der Waals surface area contributed by atoms with Crippen LogP contribution in [-0.2, 0) is 12.8 Å². The minimum absolute atomic E-state index is 0.656. The average Bonchev–Trinajstić information content (AvgIpc) is 2.34. The van der Waals surface area contributed by atoms with Gasteiger partial charge in [-0.15, -0.1) is 0 Å². The van der Waals surface area contributed by atoms with Gasteiger partial charge in [0, 0.05) is 17.3 Å². The van der Waals surface area contributed by atoms with Gasteiger partial charge in [0.2, 0.25) is 0 Å². The molecular formula is C16H25N3. The summed E-state index contributed by atoms with van der Waals surface area (Å²) in [5, 5.41) is 3.48. The summed E-state index contributed by atoms with van der Waals surface area (Å²) in [5.41, 5.74) is 4.03. The molecule has 0 saturated heterocycles. The zero-order chi connectivity index (χ0) is 13.2. The number of nitrogens with one attached hydrogen (secondary N) is 1. The molecule has 1 fully saturated rings. The number of rotatable bonds is 4. The third-order valence-electron chi connectivity index (χ3n) is 4.75. The third-order valence-corrected chi connectivity index (χ3v) is 4.75. The van der Waals surface area contributed by atoms with Gasteiger partial charge in [-0.2, -0.15) is 0 Å². The zero-order valence-electron chi connectivity index (χ0n) is 12.2. The van der Waals surface area contributed by atoms with Crippen molar-refractivity contribution in [2.24, 2.45) is 5.92 Å². The lowest BCUT2D eigenvalue weighted by Crippen LogP contribution is -2.29. The van der Waals surface area contributed by atoms with E-state index in [-0.39, 0.29) is 0 Å². The van der Waals surface area contributed by atoms with E-state index in [0.29, 0.717) is 5.92 Å². The Hall–Kier alpha value is -0.960. The fraction of sp³-hybridized carbons (Fsp3) is 0.750. The van der Waals surface area contributed by atoms with Gasteiger partial charge in [-0.1, -0.05) is 13.3 Å². The number of fused-ring (bicyclic) bond motifs is 1. The molecule has 3 rings (SSSR count). The molecule has 3 nitrogen and oxygen atoms in total. The Labute approximate surface area is 116 Å². The summed E-state index contributed by atoms with van der Waals surface area (Å²) in [5.74, 6) is 2.56. The summed E-state index contributed by atoms with van der Waals surface area (Å²) in [6.45, 7) is 6.56. The Bertz CT molecular complexity index is 452. The molecule has 0 amide bonds. The molecule has 1 saturated carbocycles. The molecule has 0 bridgehead atoms. The van der Waals surface area contributed by atoms with E-state index < -0.39 is 0 Å². The van der Waals surface area contributed by atoms with Gasteiger partial charge in [-0.05, 0) is 63.6 Å². The lowest BCUT2D eigenvalue weighted by molar-refractivity contribution is 0.390. The second-order valence-corrected chi connectivity index (χ2v) is 6.14. The van der Waals surface area contributed by atoms with Crippen LogP contribution >= 0.6 is 0 Å². The van der Waals surface area contributed by atoms with Crippen LogP contribution in [0.5, 0.6) is 0 Å². The molecule has 0 spiro atoms. The van der Waals surface area contributed by atoms with E-state index in [1.165, 1.54) is 49.1 Å². The predicted molar refractivity (Wildman–Crippen MR) is 77.4 cm³/mol. The second kappa shape index (κ2) is 5.58. The van der Waals surface area contributed by atoms with Crippen molar-refractivity contribution >= 4 is 0 Å². The molecule has 1 heterocycles. The van der Waals surface area contributed by atoms with E-state index in [1.54, 1.807) is 0 Å². The minimum Gasteiger partial charge on any atom is -0.317 e. The first kappa shape index (κ1) is 13.0. The first-order valence-corrected chi connectivity index (χ1v) is 7.85. The van der Waals surface area contributed by atoms with Gasteiger partial charge in [-0.25, -0.2) is 9.97 Å². The van der Waals surface area contributed by atoms with Crippen molar-refractivity contribution in [2.45, 2.75) is 58.3 Å². The summed E-state index contributed by atoms with van der Waals surface area (Å²) in [6.07, 6.45) is 7.53. The van der Waals surface area contributed by atoms with Crippen molar-refractivity contribution < 1.29 is 0 Å². The Morgan fingerprint density at radius 1 is 1.21 bits per heavy atom. The molecule has 1 unspecified atom stereocenters. The zero-order valence-corrected chi connectivity index (χ0v) is 12.2. The number of aromatic nitrogens is 2. The first-order chi connectivity index (χ1) is 9.28. The molecule has 0 aliphatic heterocycles. The number of nitrogens with zero attached hydrogens (tertiary/aromatic N) is 2. The lowest BCUT2D eigenvalue weighted by Gasteiger charge is -2.29. The molecule has 104 valence electrons. The quantitative estimate of drug-likeness (QED) is 0.903. The van der Waals surface area contributed by atoms with Crippen molar-refractivity contribution in [3.63, 3.8) is 0 Å². The SMILES string of the molecule is CCNCC1CCc2nc(C3CCC3)nc(C)c2C1. The molecule has 1 N–H and O–H groups in total. The highest BCUT2D eigenvalue weighted by atomic mass is 14.9. The minimum atomic E-state index is 0.656. The molecule has 0 aromatic carbocycles. The summed E-state index contributed by atoms with van der Waals surface area (Å²) in [7, 11) is 0. The molecule has 0 radical (unpaired) electrons. The maximum Gasteiger partial charge on any atom is 0.131 e. The Balaban J connectivity index is 1.77. The highest BCUT2D eigenvalue weighted by molar-refractivity contribution is 5.29. The lowest BCUT2D eigenvalue weighted by atomic mass is 9.83. The van der Waals surface area contributed by atoms with E-state index in [2.05, 4.69) is 19.2 Å². The summed E-state index contributed by atoms with van der Waals surface area (Å²) in [4.78, 5) is 9.67. The van der Waals surface area contributed by atoms with Crippen LogP contribution in [0.25, 0.3) is 0 Å². The van der Waals surface area contributed by atoms with E-state index >= 15 is 0 Å². The second-order valence-electron chi connectivity index (χ2n) is 6.14. The summed E-state index contributed by atoms with van der Waals surface area (Å²) >= 11 is 0. The smallest absolute Gasteiger partial charge is 0.131 e. The van der Waals surface area contributed by atoms with Gasteiger partial charge in [0.25, 0.3) is 0 Å².